The molecule has 1 amide bonds. The van der Waals surface area contributed by atoms with E-state index in [0.29, 0.717) is 37.1 Å². The number of hydrogen-bond acceptors (Lipinski definition) is 3. The number of carbonyl (C=O) groups excluding carboxylic acids is 1. The lowest BCUT2D eigenvalue weighted by Gasteiger charge is -2.39. The van der Waals surface area contributed by atoms with Gasteiger partial charge in [-0.25, -0.2) is 13.2 Å². The maximum absolute atomic E-state index is 14.1. The average Bonchev–Trinajstić information content (AvgIpc) is 3.47. The van der Waals surface area contributed by atoms with Crippen molar-refractivity contribution in [2.75, 3.05) is 0 Å². The Hall–Kier alpha value is -3.88. The van der Waals surface area contributed by atoms with Gasteiger partial charge in [0.05, 0.1) is 23.6 Å². The Morgan fingerprint density at radius 1 is 1.05 bits per heavy atom. The van der Waals surface area contributed by atoms with Gasteiger partial charge in [-0.3, -0.25) is 14.2 Å². The molecule has 6 nitrogen and oxygen atoms in total. The molecule has 0 aliphatic carbocycles. The Balaban J connectivity index is 1.50. The lowest BCUT2D eigenvalue weighted by atomic mass is 9.87. The number of carbonyl (C=O) groups is 1. The molecule has 3 heterocycles. The SMILES string of the molecule is CCC1Cc2c(nn(C)c2-c2cc(F)c(F)c(F)c2)C(CCc2cccc(-c3cnn(C)c3)c2)N1C=O. The number of halogens is 3. The van der Waals surface area contributed by atoms with Gasteiger partial charge >= 0.3 is 0 Å². The van der Waals surface area contributed by atoms with Crippen molar-refractivity contribution in [2.24, 2.45) is 14.1 Å². The third-order valence-corrected chi connectivity index (χ3v) is 7.24. The largest absolute Gasteiger partial charge is 0.333 e. The molecular formula is C28H28F3N5O. The van der Waals surface area contributed by atoms with Gasteiger partial charge in [0.2, 0.25) is 6.41 Å². The summed E-state index contributed by atoms with van der Waals surface area (Å²) in [7, 11) is 3.58. The van der Waals surface area contributed by atoms with E-state index in [4.69, 9.17) is 5.10 Å². The molecule has 0 radical (unpaired) electrons. The summed E-state index contributed by atoms with van der Waals surface area (Å²) in [5, 5.41) is 8.95. The van der Waals surface area contributed by atoms with Gasteiger partial charge < -0.3 is 4.90 Å². The number of aromatic nitrogens is 4. The first-order valence-electron chi connectivity index (χ1n) is 12.3. The first-order chi connectivity index (χ1) is 17.8. The molecule has 0 saturated heterocycles. The second-order valence-corrected chi connectivity index (χ2v) is 9.57. The molecule has 2 aromatic carbocycles. The molecule has 0 N–H and O–H groups in total. The third-order valence-electron chi connectivity index (χ3n) is 7.24. The highest BCUT2D eigenvalue weighted by atomic mass is 19.2. The standard InChI is InChI=1S/C28H28F3N5O/c1-4-21-13-22-27(33-35(3)28(22)19-11-23(29)26(31)24(30)12-19)25(36(21)16-37)9-8-17-6-5-7-18(10-17)20-14-32-34(2)15-20/h5-7,10-12,14-16,21,25H,4,8-9,13H2,1-3H3. The lowest BCUT2D eigenvalue weighted by molar-refractivity contribution is -0.123. The monoisotopic (exact) mass is 507 g/mol. The molecule has 2 atom stereocenters. The fraction of sp³-hybridized carbons (Fsp3) is 0.321. The van der Waals surface area contributed by atoms with Crippen molar-refractivity contribution in [1.29, 1.82) is 0 Å². The number of aryl methyl sites for hydroxylation is 3. The zero-order chi connectivity index (χ0) is 26.3. The van der Waals surface area contributed by atoms with Crippen LogP contribution in [0.1, 0.15) is 42.6 Å². The minimum atomic E-state index is -1.50. The first-order valence-corrected chi connectivity index (χ1v) is 12.3. The van der Waals surface area contributed by atoms with E-state index in [1.165, 1.54) is 0 Å². The summed E-state index contributed by atoms with van der Waals surface area (Å²) in [5.41, 5.74) is 5.53. The summed E-state index contributed by atoms with van der Waals surface area (Å²) < 4.78 is 45.2. The van der Waals surface area contributed by atoms with Crippen LogP contribution in [-0.2, 0) is 31.7 Å². The highest BCUT2D eigenvalue weighted by molar-refractivity contribution is 5.67. The van der Waals surface area contributed by atoms with Gasteiger partial charge in [0.15, 0.2) is 17.5 Å². The Labute approximate surface area is 213 Å². The van der Waals surface area contributed by atoms with Crippen LogP contribution in [0.15, 0.2) is 48.8 Å². The van der Waals surface area contributed by atoms with E-state index in [2.05, 4.69) is 17.2 Å². The Bertz CT molecular complexity index is 1440. The summed E-state index contributed by atoms with van der Waals surface area (Å²) in [4.78, 5) is 14.0. The summed E-state index contributed by atoms with van der Waals surface area (Å²) in [6.07, 6.45) is 7.20. The molecule has 2 unspecified atom stereocenters. The average molecular weight is 508 g/mol. The normalized spacial score (nSPS) is 17.2. The lowest BCUT2D eigenvalue weighted by Crippen LogP contribution is -2.42. The molecule has 0 bridgehead atoms. The highest BCUT2D eigenvalue weighted by Gasteiger charge is 2.37. The van der Waals surface area contributed by atoms with E-state index in [-0.39, 0.29) is 17.6 Å². The van der Waals surface area contributed by atoms with Crippen molar-refractivity contribution in [1.82, 2.24) is 24.5 Å². The predicted molar refractivity (Wildman–Crippen MR) is 134 cm³/mol. The second-order valence-electron chi connectivity index (χ2n) is 9.57. The van der Waals surface area contributed by atoms with Crippen molar-refractivity contribution in [2.45, 2.75) is 44.7 Å². The van der Waals surface area contributed by atoms with Crippen molar-refractivity contribution in [3.05, 3.63) is 83.1 Å². The van der Waals surface area contributed by atoms with Crippen LogP contribution in [0.5, 0.6) is 0 Å². The van der Waals surface area contributed by atoms with Crippen LogP contribution in [-0.4, -0.2) is 36.9 Å². The van der Waals surface area contributed by atoms with Crippen LogP contribution in [0.4, 0.5) is 13.2 Å². The molecule has 2 aromatic heterocycles. The third kappa shape index (κ3) is 4.54. The van der Waals surface area contributed by atoms with Crippen LogP contribution in [0.3, 0.4) is 0 Å². The summed E-state index contributed by atoms with van der Waals surface area (Å²) in [6, 6.07) is 9.84. The topological polar surface area (TPSA) is 56.0 Å². The van der Waals surface area contributed by atoms with Crippen LogP contribution in [0.25, 0.3) is 22.4 Å². The van der Waals surface area contributed by atoms with Crippen LogP contribution in [0.2, 0.25) is 0 Å². The molecule has 4 aromatic rings. The van der Waals surface area contributed by atoms with Gasteiger partial charge in [0.1, 0.15) is 0 Å². The number of benzene rings is 2. The van der Waals surface area contributed by atoms with Gasteiger partial charge in [-0.2, -0.15) is 10.2 Å². The van der Waals surface area contributed by atoms with Crippen molar-refractivity contribution in [3.8, 4) is 22.4 Å². The Morgan fingerprint density at radius 3 is 2.46 bits per heavy atom. The maximum Gasteiger partial charge on any atom is 0.210 e. The van der Waals surface area contributed by atoms with E-state index in [0.717, 1.165) is 40.8 Å². The quantitative estimate of drug-likeness (QED) is 0.250. The summed E-state index contributed by atoms with van der Waals surface area (Å²) in [5.74, 6) is -3.98. The van der Waals surface area contributed by atoms with Crippen LogP contribution >= 0.6 is 0 Å². The molecule has 9 heteroatoms. The van der Waals surface area contributed by atoms with E-state index < -0.39 is 17.5 Å². The van der Waals surface area contributed by atoms with Crippen molar-refractivity contribution < 1.29 is 18.0 Å². The minimum absolute atomic E-state index is 0.0881. The van der Waals surface area contributed by atoms with Gasteiger partial charge in [-0.05, 0) is 48.9 Å². The molecule has 1 aliphatic rings. The van der Waals surface area contributed by atoms with Crippen LogP contribution in [0, 0.1) is 17.5 Å². The molecule has 0 saturated carbocycles. The molecule has 1 aliphatic heterocycles. The Kier molecular flexibility index (Phi) is 6.62. The van der Waals surface area contributed by atoms with E-state index >= 15 is 0 Å². The van der Waals surface area contributed by atoms with E-state index in [1.54, 1.807) is 16.4 Å². The predicted octanol–water partition coefficient (Wildman–Crippen LogP) is 5.37. The zero-order valence-corrected chi connectivity index (χ0v) is 21.0. The minimum Gasteiger partial charge on any atom is -0.333 e. The number of amides is 1. The molecule has 5 rings (SSSR count). The van der Waals surface area contributed by atoms with E-state index in [9.17, 15) is 18.0 Å². The van der Waals surface area contributed by atoms with Gasteiger partial charge in [-0.15, -0.1) is 0 Å². The number of nitrogens with zero attached hydrogens (tertiary/aromatic N) is 5. The van der Waals surface area contributed by atoms with Crippen molar-refractivity contribution >= 4 is 6.41 Å². The van der Waals surface area contributed by atoms with Crippen LogP contribution < -0.4 is 0 Å². The smallest absolute Gasteiger partial charge is 0.210 e. The summed E-state index contributed by atoms with van der Waals surface area (Å²) >= 11 is 0. The van der Waals surface area contributed by atoms with Gasteiger partial charge in [0.25, 0.3) is 0 Å². The number of fused-ring (bicyclic) bond motifs is 1. The molecular weight excluding hydrogens is 479 g/mol. The zero-order valence-electron chi connectivity index (χ0n) is 21.0. The Morgan fingerprint density at radius 2 is 1.81 bits per heavy atom. The maximum atomic E-state index is 14.1. The second kappa shape index (κ2) is 9.88. The molecule has 37 heavy (non-hydrogen) atoms. The highest BCUT2D eigenvalue weighted by Crippen LogP contribution is 2.40. The van der Waals surface area contributed by atoms with E-state index in [1.807, 2.05) is 43.4 Å². The fourth-order valence-electron chi connectivity index (χ4n) is 5.43. The van der Waals surface area contributed by atoms with Gasteiger partial charge in [-0.1, -0.05) is 31.2 Å². The van der Waals surface area contributed by atoms with Crippen molar-refractivity contribution in [3.63, 3.8) is 0 Å². The fourth-order valence-corrected chi connectivity index (χ4v) is 5.43. The number of hydrogen-bond donors (Lipinski definition) is 0. The molecule has 0 fully saturated rings. The number of rotatable bonds is 7. The first kappa shape index (κ1) is 24.8. The molecule has 0 spiro atoms. The summed E-state index contributed by atoms with van der Waals surface area (Å²) in [6.45, 7) is 2.01. The molecule has 192 valence electrons. The van der Waals surface area contributed by atoms with Gasteiger partial charge in [0, 0.05) is 43.0 Å².